The summed E-state index contributed by atoms with van der Waals surface area (Å²) in [6.45, 7) is 4.51. The number of benzene rings is 2. The second kappa shape index (κ2) is 9.92. The van der Waals surface area contributed by atoms with Crippen molar-refractivity contribution in [2.24, 2.45) is 0 Å². The van der Waals surface area contributed by atoms with Crippen LogP contribution in [0.15, 0.2) is 57.7 Å². The van der Waals surface area contributed by atoms with Gasteiger partial charge in [-0.2, -0.15) is 0 Å². The van der Waals surface area contributed by atoms with Crippen LogP contribution in [0.4, 0.5) is 5.13 Å². The average molecular weight is 480 g/mol. The average Bonchev–Trinajstić information content (AvgIpc) is 3.29. The van der Waals surface area contributed by atoms with Crippen LogP contribution in [-0.2, 0) is 4.74 Å². The number of hydrogen-bond donors (Lipinski definition) is 0. The number of carbonyl (C=O) groups is 1. The number of carbonyl (C=O) groups excluding carboxylic acids is 1. The first-order valence-corrected chi connectivity index (χ1v) is 12.0. The van der Waals surface area contributed by atoms with Gasteiger partial charge in [-0.3, -0.25) is 19.4 Å². The molecule has 1 fully saturated rings. The van der Waals surface area contributed by atoms with Gasteiger partial charge in [0, 0.05) is 32.2 Å². The van der Waals surface area contributed by atoms with E-state index in [9.17, 15) is 9.59 Å². The zero-order valence-electron chi connectivity index (χ0n) is 18.9. The van der Waals surface area contributed by atoms with E-state index in [1.54, 1.807) is 36.3 Å². The molecular formula is C25H25N3O5S. The van der Waals surface area contributed by atoms with Crippen LogP contribution in [0.5, 0.6) is 5.75 Å². The summed E-state index contributed by atoms with van der Waals surface area (Å²) in [6, 6.07) is 13.8. The standard InChI is InChI=1S/C25H25N3O5S/c1-31-17-7-8-19-23(15-17)34-25(26-19)28(10-4-9-27-11-13-32-14-12-27)24(30)22-16-20(29)18-5-2-3-6-21(18)33-22/h2-3,5-8,15-16H,4,9-14H2,1H3. The van der Waals surface area contributed by atoms with Crippen LogP contribution in [0, 0.1) is 0 Å². The Kier molecular flexibility index (Phi) is 6.57. The Bertz CT molecular complexity index is 1380. The zero-order valence-corrected chi connectivity index (χ0v) is 19.7. The van der Waals surface area contributed by atoms with E-state index in [0.29, 0.717) is 22.6 Å². The lowest BCUT2D eigenvalue weighted by Gasteiger charge is -2.27. The number of fused-ring (bicyclic) bond motifs is 2. The summed E-state index contributed by atoms with van der Waals surface area (Å²) in [4.78, 5) is 34.9. The van der Waals surface area contributed by atoms with Crippen molar-refractivity contribution in [1.29, 1.82) is 0 Å². The minimum atomic E-state index is -0.379. The van der Waals surface area contributed by atoms with Crippen molar-refractivity contribution < 1.29 is 18.7 Å². The van der Waals surface area contributed by atoms with E-state index in [-0.39, 0.29) is 17.1 Å². The molecule has 1 aliphatic rings. The molecule has 0 atom stereocenters. The van der Waals surface area contributed by atoms with Gasteiger partial charge < -0.3 is 13.9 Å². The third-order valence-corrected chi connectivity index (χ3v) is 6.91. The SMILES string of the molecule is COc1ccc2nc(N(CCCN3CCOCC3)C(=O)c3cc(=O)c4ccccc4o3)sc2c1. The van der Waals surface area contributed by atoms with E-state index >= 15 is 0 Å². The number of aromatic nitrogens is 1. The Hall–Kier alpha value is -3.27. The first-order valence-electron chi connectivity index (χ1n) is 11.2. The maximum Gasteiger partial charge on any atom is 0.295 e. The summed E-state index contributed by atoms with van der Waals surface area (Å²) in [6.07, 6.45) is 0.753. The number of anilines is 1. The van der Waals surface area contributed by atoms with Gasteiger partial charge in [-0.05, 0) is 36.8 Å². The number of rotatable bonds is 7. The molecule has 8 nitrogen and oxygen atoms in total. The Labute approximate surface area is 200 Å². The van der Waals surface area contributed by atoms with Gasteiger partial charge in [0.1, 0.15) is 11.3 Å². The number of morpholine rings is 1. The first-order chi connectivity index (χ1) is 16.6. The van der Waals surface area contributed by atoms with Gasteiger partial charge in [-0.1, -0.05) is 23.5 Å². The number of thiazole rings is 1. The summed E-state index contributed by atoms with van der Waals surface area (Å²) in [5, 5.41) is 1.01. The van der Waals surface area contributed by atoms with Crippen molar-refractivity contribution in [3.63, 3.8) is 0 Å². The smallest absolute Gasteiger partial charge is 0.295 e. The van der Waals surface area contributed by atoms with Crippen molar-refractivity contribution in [3.8, 4) is 5.75 Å². The molecule has 1 amide bonds. The topological polar surface area (TPSA) is 85.1 Å². The van der Waals surface area contributed by atoms with Gasteiger partial charge in [-0.25, -0.2) is 4.98 Å². The van der Waals surface area contributed by atoms with Gasteiger partial charge in [0.15, 0.2) is 16.3 Å². The van der Waals surface area contributed by atoms with E-state index in [4.69, 9.17) is 18.9 Å². The summed E-state index contributed by atoms with van der Waals surface area (Å²) >= 11 is 1.41. The molecule has 34 heavy (non-hydrogen) atoms. The summed E-state index contributed by atoms with van der Waals surface area (Å²) in [5.74, 6) is 0.358. The molecule has 0 bridgehead atoms. The lowest BCUT2D eigenvalue weighted by Crippen LogP contribution is -2.39. The van der Waals surface area contributed by atoms with Gasteiger partial charge in [-0.15, -0.1) is 0 Å². The first kappa shape index (κ1) is 22.5. The Morgan fingerprint density at radius 1 is 1.18 bits per heavy atom. The molecule has 5 rings (SSSR count). The quantitative estimate of drug-likeness (QED) is 0.399. The highest BCUT2D eigenvalue weighted by atomic mass is 32.1. The van der Waals surface area contributed by atoms with Crippen molar-refractivity contribution in [1.82, 2.24) is 9.88 Å². The Balaban J connectivity index is 1.46. The van der Waals surface area contributed by atoms with E-state index in [1.807, 2.05) is 18.2 Å². The maximum absolute atomic E-state index is 13.6. The van der Waals surface area contributed by atoms with Crippen molar-refractivity contribution in [2.45, 2.75) is 6.42 Å². The molecule has 1 aliphatic heterocycles. The normalized spacial score (nSPS) is 14.5. The molecule has 2 aromatic carbocycles. The van der Waals surface area contributed by atoms with Crippen LogP contribution < -0.4 is 15.1 Å². The second-order valence-electron chi connectivity index (χ2n) is 8.07. The van der Waals surface area contributed by atoms with Gasteiger partial charge in [0.2, 0.25) is 0 Å². The van der Waals surface area contributed by atoms with Crippen LogP contribution in [0.3, 0.4) is 0 Å². The molecule has 1 saturated heterocycles. The lowest BCUT2D eigenvalue weighted by atomic mass is 10.2. The molecule has 0 aliphatic carbocycles. The van der Waals surface area contributed by atoms with Crippen LogP contribution in [-0.4, -0.2) is 62.3 Å². The second-order valence-corrected chi connectivity index (χ2v) is 9.07. The van der Waals surface area contributed by atoms with Gasteiger partial charge >= 0.3 is 0 Å². The van der Waals surface area contributed by atoms with Crippen LogP contribution in [0.1, 0.15) is 17.0 Å². The van der Waals surface area contributed by atoms with Crippen LogP contribution in [0.25, 0.3) is 21.2 Å². The third-order valence-electron chi connectivity index (χ3n) is 5.87. The number of ether oxygens (including phenoxy) is 2. The zero-order chi connectivity index (χ0) is 23.5. The lowest BCUT2D eigenvalue weighted by molar-refractivity contribution is 0.0376. The number of nitrogens with zero attached hydrogens (tertiary/aromatic N) is 3. The van der Waals surface area contributed by atoms with E-state index in [0.717, 1.165) is 55.2 Å². The molecule has 0 N–H and O–H groups in total. The monoisotopic (exact) mass is 479 g/mol. The van der Waals surface area contributed by atoms with E-state index in [1.165, 1.54) is 17.4 Å². The molecular weight excluding hydrogens is 454 g/mol. The summed E-state index contributed by atoms with van der Waals surface area (Å²) in [7, 11) is 1.62. The minimum absolute atomic E-state index is 0.00640. The molecule has 4 aromatic rings. The van der Waals surface area contributed by atoms with E-state index in [2.05, 4.69) is 4.90 Å². The van der Waals surface area contributed by atoms with Crippen molar-refractivity contribution in [3.05, 3.63) is 64.5 Å². The minimum Gasteiger partial charge on any atom is -0.497 e. The molecule has 0 saturated carbocycles. The molecule has 0 radical (unpaired) electrons. The molecule has 2 aromatic heterocycles. The van der Waals surface area contributed by atoms with Gasteiger partial charge in [0.05, 0.1) is 35.9 Å². The Morgan fingerprint density at radius 3 is 2.82 bits per heavy atom. The predicted molar refractivity (Wildman–Crippen MR) is 132 cm³/mol. The maximum atomic E-state index is 13.6. The molecule has 0 unspecified atom stereocenters. The Morgan fingerprint density at radius 2 is 2.00 bits per heavy atom. The number of methoxy groups -OCH3 is 1. The fraction of sp³-hybridized carbons (Fsp3) is 0.320. The highest BCUT2D eigenvalue weighted by molar-refractivity contribution is 7.22. The third kappa shape index (κ3) is 4.68. The highest BCUT2D eigenvalue weighted by Gasteiger charge is 2.25. The highest BCUT2D eigenvalue weighted by Crippen LogP contribution is 2.32. The van der Waals surface area contributed by atoms with Gasteiger partial charge in [0.25, 0.3) is 5.91 Å². The fourth-order valence-electron chi connectivity index (χ4n) is 4.04. The number of para-hydroxylation sites is 1. The molecule has 9 heteroatoms. The number of amides is 1. The molecule has 0 spiro atoms. The molecule has 3 heterocycles. The van der Waals surface area contributed by atoms with Crippen LogP contribution >= 0.6 is 11.3 Å². The van der Waals surface area contributed by atoms with Crippen molar-refractivity contribution >= 4 is 43.6 Å². The number of hydrogen-bond acceptors (Lipinski definition) is 8. The fourth-order valence-corrected chi connectivity index (χ4v) is 5.06. The van der Waals surface area contributed by atoms with Crippen molar-refractivity contribution in [2.75, 3.05) is 51.4 Å². The summed E-state index contributed by atoms with van der Waals surface area (Å²) < 4.78 is 17.5. The predicted octanol–water partition coefficient (Wildman–Crippen LogP) is 3.78. The van der Waals surface area contributed by atoms with Crippen LogP contribution in [0.2, 0.25) is 0 Å². The largest absolute Gasteiger partial charge is 0.497 e. The summed E-state index contributed by atoms with van der Waals surface area (Å²) in [5.41, 5.74) is 0.930. The molecule has 176 valence electrons. The van der Waals surface area contributed by atoms with E-state index < -0.39 is 0 Å².